The van der Waals surface area contributed by atoms with E-state index in [9.17, 15) is 14.0 Å². The van der Waals surface area contributed by atoms with Crippen LogP contribution in [0.1, 0.15) is 10.4 Å². The zero-order chi connectivity index (χ0) is 20.3. The highest BCUT2D eigenvalue weighted by Crippen LogP contribution is 2.23. The number of nitrogens with zero attached hydrogens (tertiary/aromatic N) is 4. The lowest BCUT2D eigenvalue weighted by Gasteiger charge is -2.15. The minimum absolute atomic E-state index is 0.0511. The van der Waals surface area contributed by atoms with Crippen LogP contribution in [0, 0.1) is 5.82 Å². The van der Waals surface area contributed by atoms with Crippen molar-refractivity contribution < 1.29 is 9.18 Å². The van der Waals surface area contributed by atoms with Crippen molar-refractivity contribution in [2.75, 3.05) is 37.8 Å². The number of likely N-dealkylation sites (N-methyl/N-ethyl adjacent to an activating group) is 1. The van der Waals surface area contributed by atoms with Crippen molar-refractivity contribution in [2.24, 2.45) is 7.05 Å². The summed E-state index contributed by atoms with van der Waals surface area (Å²) in [5.41, 5.74) is 1.03. The first kappa shape index (κ1) is 19.4. The Morgan fingerprint density at radius 1 is 1.25 bits per heavy atom. The van der Waals surface area contributed by atoms with Gasteiger partial charge in [0.05, 0.1) is 17.9 Å². The fourth-order valence-corrected chi connectivity index (χ4v) is 2.77. The lowest BCUT2D eigenvalue weighted by molar-refractivity contribution is 0.102. The van der Waals surface area contributed by atoms with Gasteiger partial charge < -0.3 is 14.8 Å². The van der Waals surface area contributed by atoms with E-state index in [0.29, 0.717) is 12.1 Å². The van der Waals surface area contributed by atoms with Gasteiger partial charge >= 0.3 is 0 Å². The molecular weight excluding hydrogens is 363 g/mol. The van der Waals surface area contributed by atoms with Crippen molar-refractivity contribution in [2.45, 2.75) is 0 Å². The normalized spacial score (nSPS) is 11.0. The Morgan fingerprint density at radius 2 is 1.96 bits per heavy atom. The Balaban J connectivity index is 1.97. The minimum atomic E-state index is -0.655. The molecule has 0 aliphatic carbocycles. The number of hydrogen-bond acceptors (Lipinski definition) is 6. The van der Waals surface area contributed by atoms with Gasteiger partial charge in [0.25, 0.3) is 11.5 Å². The van der Waals surface area contributed by atoms with E-state index < -0.39 is 17.3 Å². The van der Waals surface area contributed by atoms with Crippen molar-refractivity contribution in [3.63, 3.8) is 0 Å². The van der Waals surface area contributed by atoms with Gasteiger partial charge in [-0.3, -0.25) is 14.9 Å². The largest absolute Gasteiger partial charge is 0.383 e. The molecule has 2 N–H and O–H groups in total. The van der Waals surface area contributed by atoms with E-state index >= 15 is 0 Å². The number of nitrogens with one attached hydrogen (secondary N) is 2. The average molecular weight is 384 g/mol. The van der Waals surface area contributed by atoms with E-state index in [2.05, 4.69) is 25.5 Å². The maximum atomic E-state index is 12.9. The van der Waals surface area contributed by atoms with Gasteiger partial charge in [-0.1, -0.05) is 6.07 Å². The molecule has 0 saturated carbocycles. The number of hydrogen-bond donors (Lipinski definition) is 2. The lowest BCUT2D eigenvalue weighted by atomic mass is 10.1. The second-order valence-corrected chi connectivity index (χ2v) is 6.57. The maximum Gasteiger partial charge on any atom is 0.263 e. The minimum Gasteiger partial charge on any atom is -0.383 e. The Labute approximate surface area is 161 Å². The molecule has 146 valence electrons. The second kappa shape index (κ2) is 8.13. The third-order valence-electron chi connectivity index (χ3n) is 4.23. The van der Waals surface area contributed by atoms with Crippen molar-refractivity contribution >= 4 is 28.4 Å². The molecule has 1 amide bonds. The molecule has 0 atom stereocenters. The second-order valence-electron chi connectivity index (χ2n) is 6.57. The molecule has 2 aromatic heterocycles. The fourth-order valence-electron chi connectivity index (χ4n) is 2.77. The summed E-state index contributed by atoms with van der Waals surface area (Å²) in [6.45, 7) is 1.54. The maximum absolute atomic E-state index is 12.9. The third kappa shape index (κ3) is 4.15. The Morgan fingerprint density at radius 3 is 2.64 bits per heavy atom. The Kier molecular flexibility index (Phi) is 5.65. The number of benzene rings is 1. The van der Waals surface area contributed by atoms with Crippen LogP contribution < -0.4 is 16.2 Å². The molecule has 0 fully saturated rings. The highest BCUT2D eigenvalue weighted by Gasteiger charge is 2.17. The molecule has 0 unspecified atom stereocenters. The topological polar surface area (TPSA) is 92.2 Å². The summed E-state index contributed by atoms with van der Waals surface area (Å²) in [7, 11) is 5.57. The first-order chi connectivity index (χ1) is 13.4. The molecule has 0 radical (unpaired) electrons. The lowest BCUT2D eigenvalue weighted by Crippen LogP contribution is -2.28. The summed E-state index contributed by atoms with van der Waals surface area (Å²) in [4.78, 5) is 34.7. The molecule has 0 aliphatic rings. The van der Waals surface area contributed by atoms with Gasteiger partial charge in [-0.05, 0) is 32.3 Å². The van der Waals surface area contributed by atoms with E-state index in [-0.39, 0.29) is 11.5 Å². The number of fused-ring (bicyclic) bond motifs is 1. The molecule has 3 rings (SSSR count). The summed E-state index contributed by atoms with van der Waals surface area (Å²) < 4.78 is 14.4. The molecule has 8 nitrogen and oxygen atoms in total. The van der Waals surface area contributed by atoms with Crippen LogP contribution in [0.3, 0.4) is 0 Å². The van der Waals surface area contributed by atoms with Crippen LogP contribution in [-0.2, 0) is 7.05 Å². The molecule has 3 aromatic rings. The number of pyridine rings is 1. The summed E-state index contributed by atoms with van der Waals surface area (Å²) in [5.74, 6) is -1.35. The van der Waals surface area contributed by atoms with Crippen LogP contribution in [0.25, 0.3) is 10.9 Å². The van der Waals surface area contributed by atoms with E-state index in [1.807, 2.05) is 32.3 Å². The third-order valence-corrected chi connectivity index (χ3v) is 4.23. The number of amides is 1. The number of carbonyl (C=O) groups is 1. The number of carbonyl (C=O) groups excluding carboxylic acids is 1. The monoisotopic (exact) mass is 384 g/mol. The zero-order valence-electron chi connectivity index (χ0n) is 15.9. The molecule has 0 spiro atoms. The van der Waals surface area contributed by atoms with E-state index in [1.165, 1.54) is 4.57 Å². The standard InChI is InChI=1S/C19H21FN6O2/c1-25(2)8-7-21-15-5-4-6-16-13(15)9-14(18(28)26(16)3)17(27)24-19-22-10-12(20)11-23-19/h4-6,9-11,21H,7-8H2,1-3H3,(H,22,23,24,27). The van der Waals surface area contributed by atoms with Crippen LogP contribution in [0.5, 0.6) is 0 Å². The van der Waals surface area contributed by atoms with Gasteiger partial charge in [0.2, 0.25) is 5.95 Å². The van der Waals surface area contributed by atoms with Gasteiger partial charge in [-0.2, -0.15) is 0 Å². The molecule has 0 saturated heterocycles. The molecule has 9 heteroatoms. The summed E-state index contributed by atoms with van der Waals surface area (Å²) >= 11 is 0. The number of aromatic nitrogens is 3. The number of anilines is 2. The van der Waals surface area contributed by atoms with Crippen LogP contribution in [-0.4, -0.2) is 52.5 Å². The molecule has 0 aliphatic heterocycles. The fraction of sp³-hybridized carbons (Fsp3) is 0.263. The van der Waals surface area contributed by atoms with Gasteiger partial charge in [-0.25, -0.2) is 14.4 Å². The average Bonchev–Trinajstić information content (AvgIpc) is 2.66. The van der Waals surface area contributed by atoms with Crippen molar-refractivity contribution in [3.8, 4) is 0 Å². The van der Waals surface area contributed by atoms with Crippen molar-refractivity contribution in [1.29, 1.82) is 0 Å². The SMILES string of the molecule is CN(C)CCNc1cccc2c1cc(C(=O)Nc1ncc(F)cn1)c(=O)n2C. The number of rotatable bonds is 6. The molecule has 0 bridgehead atoms. The number of halogens is 1. The highest BCUT2D eigenvalue weighted by atomic mass is 19.1. The van der Waals surface area contributed by atoms with E-state index in [1.54, 1.807) is 13.1 Å². The van der Waals surface area contributed by atoms with Crippen LogP contribution in [0.15, 0.2) is 41.5 Å². The van der Waals surface area contributed by atoms with Crippen molar-refractivity contribution in [3.05, 3.63) is 58.4 Å². The van der Waals surface area contributed by atoms with Crippen LogP contribution in [0.4, 0.5) is 16.0 Å². The number of aryl methyl sites for hydroxylation is 1. The molecule has 2 heterocycles. The van der Waals surface area contributed by atoms with Gasteiger partial charge in [0.15, 0.2) is 5.82 Å². The zero-order valence-corrected chi connectivity index (χ0v) is 15.9. The molecular formula is C19H21FN6O2. The highest BCUT2D eigenvalue weighted by molar-refractivity contribution is 6.06. The first-order valence-electron chi connectivity index (χ1n) is 8.67. The predicted molar refractivity (Wildman–Crippen MR) is 106 cm³/mol. The quantitative estimate of drug-likeness (QED) is 0.672. The Bertz CT molecular complexity index is 1060. The predicted octanol–water partition coefficient (Wildman–Crippen LogP) is 1.69. The van der Waals surface area contributed by atoms with E-state index in [0.717, 1.165) is 30.0 Å². The van der Waals surface area contributed by atoms with E-state index in [4.69, 9.17) is 0 Å². The van der Waals surface area contributed by atoms with Crippen molar-refractivity contribution in [1.82, 2.24) is 19.4 Å². The Hall–Kier alpha value is -3.33. The molecule has 1 aromatic carbocycles. The van der Waals surface area contributed by atoms with Crippen LogP contribution in [0.2, 0.25) is 0 Å². The van der Waals surface area contributed by atoms with Crippen LogP contribution >= 0.6 is 0 Å². The summed E-state index contributed by atoms with van der Waals surface area (Å²) in [6, 6.07) is 7.12. The first-order valence-corrected chi connectivity index (χ1v) is 8.67. The summed E-state index contributed by atoms with van der Waals surface area (Å²) in [5, 5.41) is 6.50. The summed E-state index contributed by atoms with van der Waals surface area (Å²) in [6.07, 6.45) is 1.88. The van der Waals surface area contributed by atoms with Gasteiger partial charge in [-0.15, -0.1) is 0 Å². The van der Waals surface area contributed by atoms with Gasteiger partial charge in [0, 0.05) is 31.2 Å². The van der Waals surface area contributed by atoms with Gasteiger partial charge in [0.1, 0.15) is 5.56 Å². The molecule has 28 heavy (non-hydrogen) atoms. The smallest absolute Gasteiger partial charge is 0.263 e.